The van der Waals surface area contributed by atoms with Gasteiger partial charge in [0.2, 0.25) is 5.91 Å². The molecule has 0 saturated heterocycles. The molecule has 0 aliphatic rings. The molecule has 1 N–H and O–H groups in total. The molecule has 1 amide bonds. The van der Waals surface area contributed by atoms with Crippen molar-refractivity contribution in [3.63, 3.8) is 0 Å². The van der Waals surface area contributed by atoms with Crippen molar-refractivity contribution in [2.75, 3.05) is 5.32 Å². The number of carbonyl (C=O) groups is 1. The number of benzene rings is 2. The molecule has 2 aromatic rings. The average molecular weight is 292 g/mol. The van der Waals surface area contributed by atoms with E-state index in [0.29, 0.717) is 11.4 Å². The van der Waals surface area contributed by atoms with E-state index in [0.717, 1.165) is 5.56 Å². The second-order valence-electron chi connectivity index (χ2n) is 4.48. The molecule has 0 spiro atoms. The monoisotopic (exact) mass is 291 g/mol. The first kappa shape index (κ1) is 14.5. The number of halogens is 2. The van der Waals surface area contributed by atoms with E-state index < -0.39 is 5.82 Å². The molecule has 0 radical (unpaired) electrons. The maximum atomic E-state index is 13.7. The summed E-state index contributed by atoms with van der Waals surface area (Å²) in [5.74, 6) is -1.06. The van der Waals surface area contributed by atoms with Gasteiger partial charge in [-0.2, -0.15) is 0 Å². The van der Waals surface area contributed by atoms with Crippen LogP contribution in [0.2, 0.25) is 5.02 Å². The molecule has 2 rings (SSSR count). The van der Waals surface area contributed by atoms with Crippen LogP contribution in [0.15, 0.2) is 48.5 Å². The topological polar surface area (TPSA) is 29.1 Å². The minimum atomic E-state index is -0.534. The lowest BCUT2D eigenvalue weighted by molar-refractivity contribution is -0.117. The predicted molar refractivity (Wildman–Crippen MR) is 79.5 cm³/mol. The van der Waals surface area contributed by atoms with E-state index in [4.69, 9.17) is 11.6 Å². The van der Waals surface area contributed by atoms with Crippen molar-refractivity contribution in [2.45, 2.75) is 19.3 Å². The number of nitrogens with one attached hydrogen (secondary N) is 1. The standard InChI is InChI=1S/C16H15ClFNO/c1-2-13(11-6-4-3-5-7-11)16(20)19-15-9-8-12(17)10-14(15)18/h3-10,13H,2H2,1H3,(H,19,20). The summed E-state index contributed by atoms with van der Waals surface area (Å²) < 4.78 is 13.7. The van der Waals surface area contributed by atoms with Crippen molar-refractivity contribution in [3.05, 3.63) is 64.9 Å². The van der Waals surface area contributed by atoms with Crippen molar-refractivity contribution in [1.82, 2.24) is 0 Å². The molecule has 1 atom stereocenters. The van der Waals surface area contributed by atoms with Crippen LogP contribution in [-0.4, -0.2) is 5.91 Å². The summed E-state index contributed by atoms with van der Waals surface area (Å²) in [6, 6.07) is 13.6. The predicted octanol–water partition coefficient (Wildman–Crippen LogP) is 4.61. The summed E-state index contributed by atoms with van der Waals surface area (Å²) in [6.45, 7) is 1.93. The molecular formula is C16H15ClFNO. The molecule has 0 heterocycles. The van der Waals surface area contributed by atoms with E-state index in [2.05, 4.69) is 5.32 Å². The zero-order valence-corrected chi connectivity index (χ0v) is 11.8. The highest BCUT2D eigenvalue weighted by molar-refractivity contribution is 6.30. The van der Waals surface area contributed by atoms with Gasteiger partial charge in [-0.05, 0) is 30.2 Å². The van der Waals surface area contributed by atoms with Gasteiger partial charge in [0.05, 0.1) is 11.6 Å². The van der Waals surface area contributed by atoms with Gasteiger partial charge in [-0.1, -0.05) is 48.9 Å². The van der Waals surface area contributed by atoms with E-state index in [9.17, 15) is 9.18 Å². The molecule has 0 aliphatic carbocycles. The van der Waals surface area contributed by atoms with Gasteiger partial charge in [0.15, 0.2) is 0 Å². The van der Waals surface area contributed by atoms with E-state index in [1.165, 1.54) is 12.1 Å². The number of rotatable bonds is 4. The van der Waals surface area contributed by atoms with Crippen LogP contribution in [0.5, 0.6) is 0 Å². The third-order valence-corrected chi connectivity index (χ3v) is 3.35. The van der Waals surface area contributed by atoms with Crippen molar-refractivity contribution in [2.24, 2.45) is 0 Å². The number of carbonyl (C=O) groups excluding carboxylic acids is 1. The van der Waals surface area contributed by atoms with E-state index in [1.54, 1.807) is 6.07 Å². The second kappa shape index (κ2) is 6.53. The first-order chi connectivity index (χ1) is 9.61. The van der Waals surface area contributed by atoms with Crippen LogP contribution in [0, 0.1) is 5.82 Å². The van der Waals surface area contributed by atoms with E-state index in [1.807, 2.05) is 37.3 Å². The molecule has 4 heteroatoms. The Hall–Kier alpha value is -1.87. The maximum Gasteiger partial charge on any atom is 0.231 e. The van der Waals surface area contributed by atoms with Crippen molar-refractivity contribution >= 4 is 23.2 Å². The highest BCUT2D eigenvalue weighted by Crippen LogP contribution is 2.24. The Morgan fingerprint density at radius 1 is 1.25 bits per heavy atom. The second-order valence-corrected chi connectivity index (χ2v) is 4.92. The lowest BCUT2D eigenvalue weighted by atomic mass is 9.95. The fourth-order valence-corrected chi connectivity index (χ4v) is 2.23. The van der Waals surface area contributed by atoms with Gasteiger partial charge in [-0.15, -0.1) is 0 Å². The number of amides is 1. The molecule has 0 bridgehead atoms. The SMILES string of the molecule is CCC(C(=O)Nc1ccc(Cl)cc1F)c1ccccc1. The van der Waals surface area contributed by atoms with Crippen LogP contribution in [0.1, 0.15) is 24.8 Å². The summed E-state index contributed by atoms with van der Waals surface area (Å²) in [6.07, 6.45) is 0.644. The van der Waals surface area contributed by atoms with Gasteiger partial charge in [0, 0.05) is 5.02 Å². The average Bonchev–Trinajstić information content (AvgIpc) is 2.44. The minimum absolute atomic E-state index is 0.147. The Balaban J connectivity index is 2.18. The quantitative estimate of drug-likeness (QED) is 0.875. The molecule has 0 fully saturated rings. The Morgan fingerprint density at radius 2 is 1.95 bits per heavy atom. The normalized spacial score (nSPS) is 11.9. The van der Waals surface area contributed by atoms with Crippen molar-refractivity contribution < 1.29 is 9.18 Å². The van der Waals surface area contributed by atoms with Gasteiger partial charge in [0.25, 0.3) is 0 Å². The molecule has 2 aromatic carbocycles. The molecule has 104 valence electrons. The third kappa shape index (κ3) is 3.36. The molecule has 2 nitrogen and oxygen atoms in total. The zero-order chi connectivity index (χ0) is 14.5. The van der Waals surface area contributed by atoms with Gasteiger partial charge >= 0.3 is 0 Å². The molecule has 0 saturated carbocycles. The first-order valence-corrected chi connectivity index (χ1v) is 6.80. The van der Waals surface area contributed by atoms with Gasteiger partial charge < -0.3 is 5.32 Å². The van der Waals surface area contributed by atoms with E-state index in [-0.39, 0.29) is 17.5 Å². The minimum Gasteiger partial charge on any atom is -0.323 e. The molecule has 1 unspecified atom stereocenters. The number of hydrogen-bond acceptors (Lipinski definition) is 1. The first-order valence-electron chi connectivity index (χ1n) is 6.42. The van der Waals surface area contributed by atoms with Crippen molar-refractivity contribution in [3.8, 4) is 0 Å². The highest BCUT2D eigenvalue weighted by atomic mass is 35.5. The summed E-state index contributed by atoms with van der Waals surface area (Å²) in [5.41, 5.74) is 1.07. The molecule has 0 aliphatic heterocycles. The van der Waals surface area contributed by atoms with E-state index >= 15 is 0 Å². The van der Waals surface area contributed by atoms with Crippen LogP contribution in [0.25, 0.3) is 0 Å². The largest absolute Gasteiger partial charge is 0.323 e. The Bertz CT molecular complexity index is 601. The smallest absolute Gasteiger partial charge is 0.231 e. The highest BCUT2D eigenvalue weighted by Gasteiger charge is 2.19. The lowest BCUT2D eigenvalue weighted by Gasteiger charge is -2.15. The summed E-state index contributed by atoms with van der Waals surface area (Å²) >= 11 is 5.69. The fourth-order valence-electron chi connectivity index (χ4n) is 2.07. The van der Waals surface area contributed by atoms with Gasteiger partial charge in [0.1, 0.15) is 5.82 Å². The van der Waals surface area contributed by atoms with Crippen molar-refractivity contribution in [1.29, 1.82) is 0 Å². The van der Waals surface area contributed by atoms with Crippen LogP contribution < -0.4 is 5.32 Å². The van der Waals surface area contributed by atoms with Crippen LogP contribution in [0.3, 0.4) is 0 Å². The van der Waals surface area contributed by atoms with Crippen LogP contribution >= 0.6 is 11.6 Å². The van der Waals surface area contributed by atoms with Gasteiger partial charge in [-0.3, -0.25) is 4.79 Å². The summed E-state index contributed by atoms with van der Waals surface area (Å²) in [4.78, 5) is 12.3. The van der Waals surface area contributed by atoms with Crippen LogP contribution in [0.4, 0.5) is 10.1 Å². The Morgan fingerprint density at radius 3 is 2.55 bits per heavy atom. The van der Waals surface area contributed by atoms with Crippen LogP contribution in [-0.2, 0) is 4.79 Å². The summed E-state index contributed by atoms with van der Waals surface area (Å²) in [7, 11) is 0. The van der Waals surface area contributed by atoms with Gasteiger partial charge in [-0.25, -0.2) is 4.39 Å². The molecular weight excluding hydrogens is 277 g/mol. The lowest BCUT2D eigenvalue weighted by Crippen LogP contribution is -2.21. The summed E-state index contributed by atoms with van der Waals surface area (Å²) in [5, 5.41) is 2.92. The maximum absolute atomic E-state index is 13.7. The fraction of sp³-hybridized carbons (Fsp3) is 0.188. The third-order valence-electron chi connectivity index (χ3n) is 3.12. The molecule has 0 aromatic heterocycles. The number of anilines is 1. The Labute approximate surface area is 122 Å². The molecule has 20 heavy (non-hydrogen) atoms. The number of hydrogen-bond donors (Lipinski definition) is 1. The zero-order valence-electron chi connectivity index (χ0n) is 11.1. The Kier molecular flexibility index (Phi) is 4.74.